The summed E-state index contributed by atoms with van der Waals surface area (Å²) in [5.41, 5.74) is 0.221. The van der Waals surface area contributed by atoms with Crippen LogP contribution in [0.3, 0.4) is 0 Å². The topological polar surface area (TPSA) is 127 Å². The molecule has 2 aromatic rings. The predicted octanol–water partition coefficient (Wildman–Crippen LogP) is 1.62. The summed E-state index contributed by atoms with van der Waals surface area (Å²) in [5, 5.41) is 26.4. The molecule has 0 radical (unpaired) electrons. The molecular weight excluding hydrogens is 316 g/mol. The Morgan fingerprint density at radius 2 is 2.08 bits per heavy atom. The fourth-order valence-corrected chi connectivity index (χ4v) is 2.12. The van der Waals surface area contributed by atoms with Gasteiger partial charge >= 0.3 is 5.97 Å². The van der Waals surface area contributed by atoms with E-state index >= 15 is 0 Å². The molecule has 0 spiro atoms. The fraction of sp³-hybridized carbons (Fsp3) is 0.267. The molecule has 24 heavy (non-hydrogen) atoms. The van der Waals surface area contributed by atoms with Crippen LogP contribution >= 0.6 is 0 Å². The van der Waals surface area contributed by atoms with Gasteiger partial charge in [0.15, 0.2) is 5.69 Å². The maximum absolute atomic E-state index is 12.0. The Hall–Kier alpha value is -3.23. The van der Waals surface area contributed by atoms with Crippen molar-refractivity contribution in [2.24, 2.45) is 5.92 Å². The summed E-state index contributed by atoms with van der Waals surface area (Å²) < 4.78 is 1.26. The lowest BCUT2D eigenvalue weighted by Gasteiger charge is -2.09. The van der Waals surface area contributed by atoms with Crippen LogP contribution < -0.4 is 5.32 Å². The number of rotatable bonds is 7. The third kappa shape index (κ3) is 4.15. The lowest BCUT2D eigenvalue weighted by atomic mass is 10.1. The first-order chi connectivity index (χ1) is 11.4. The van der Waals surface area contributed by atoms with Crippen molar-refractivity contribution in [1.29, 1.82) is 0 Å². The lowest BCUT2D eigenvalue weighted by Crippen LogP contribution is -2.29. The van der Waals surface area contributed by atoms with Crippen molar-refractivity contribution in [3.05, 3.63) is 52.3 Å². The molecule has 9 heteroatoms. The summed E-state index contributed by atoms with van der Waals surface area (Å²) in [7, 11) is 0. The summed E-state index contributed by atoms with van der Waals surface area (Å²) in [4.78, 5) is 33.1. The van der Waals surface area contributed by atoms with Crippen LogP contribution in [-0.2, 0) is 4.79 Å². The second-order valence-electron chi connectivity index (χ2n) is 5.30. The molecule has 0 aliphatic heterocycles. The maximum Gasteiger partial charge on any atom is 0.303 e. The zero-order valence-electron chi connectivity index (χ0n) is 12.9. The molecule has 126 valence electrons. The molecule has 0 aliphatic rings. The molecule has 1 heterocycles. The number of nitro groups is 1. The number of para-hydroxylation sites is 2. The van der Waals surface area contributed by atoms with Crippen LogP contribution in [0.15, 0.2) is 36.5 Å². The van der Waals surface area contributed by atoms with Crippen molar-refractivity contribution >= 4 is 17.6 Å². The van der Waals surface area contributed by atoms with Crippen LogP contribution in [0.2, 0.25) is 0 Å². The number of hydrogen-bond acceptors (Lipinski definition) is 5. The number of nitrogens with zero attached hydrogens (tertiary/aromatic N) is 3. The third-order valence-corrected chi connectivity index (χ3v) is 3.28. The molecule has 0 fully saturated rings. The minimum Gasteiger partial charge on any atom is -0.481 e. The summed E-state index contributed by atoms with van der Waals surface area (Å²) in [5.74, 6) is -1.62. The van der Waals surface area contributed by atoms with Gasteiger partial charge in [-0.2, -0.15) is 5.10 Å². The molecule has 1 unspecified atom stereocenters. The van der Waals surface area contributed by atoms with Crippen LogP contribution in [-0.4, -0.2) is 38.2 Å². The number of aliphatic carboxylic acids is 1. The Kier molecular flexibility index (Phi) is 5.25. The summed E-state index contributed by atoms with van der Waals surface area (Å²) in [6, 6.07) is 7.50. The highest BCUT2D eigenvalue weighted by Gasteiger charge is 2.17. The molecule has 2 N–H and O–H groups in total. The third-order valence-electron chi connectivity index (χ3n) is 3.28. The zero-order valence-corrected chi connectivity index (χ0v) is 12.9. The number of carboxylic acid groups (broad SMARTS) is 1. The van der Waals surface area contributed by atoms with Gasteiger partial charge in [-0.3, -0.25) is 19.7 Å². The van der Waals surface area contributed by atoms with E-state index in [2.05, 4.69) is 10.4 Å². The number of carboxylic acids is 1. The van der Waals surface area contributed by atoms with Crippen molar-refractivity contribution in [2.75, 3.05) is 6.54 Å². The predicted molar refractivity (Wildman–Crippen MR) is 84.0 cm³/mol. The zero-order chi connectivity index (χ0) is 17.7. The van der Waals surface area contributed by atoms with Crippen LogP contribution in [0.5, 0.6) is 0 Å². The van der Waals surface area contributed by atoms with Gasteiger partial charge in [0, 0.05) is 25.2 Å². The monoisotopic (exact) mass is 332 g/mol. The molecule has 0 saturated carbocycles. The van der Waals surface area contributed by atoms with E-state index in [1.165, 1.54) is 29.1 Å². The van der Waals surface area contributed by atoms with Gasteiger partial charge in [-0.25, -0.2) is 4.68 Å². The van der Waals surface area contributed by atoms with E-state index in [0.29, 0.717) is 0 Å². The minimum atomic E-state index is -0.933. The van der Waals surface area contributed by atoms with Gasteiger partial charge in [-0.1, -0.05) is 19.1 Å². The fourth-order valence-electron chi connectivity index (χ4n) is 2.12. The van der Waals surface area contributed by atoms with E-state index < -0.39 is 16.8 Å². The number of hydrogen-bond donors (Lipinski definition) is 2. The minimum absolute atomic E-state index is 0.0507. The average Bonchev–Trinajstić information content (AvgIpc) is 3.01. The molecule has 2 rings (SSSR count). The quantitative estimate of drug-likeness (QED) is 0.586. The highest BCUT2D eigenvalue weighted by molar-refractivity contribution is 5.92. The largest absolute Gasteiger partial charge is 0.481 e. The van der Waals surface area contributed by atoms with E-state index in [1.807, 2.05) is 0 Å². The van der Waals surface area contributed by atoms with E-state index in [9.17, 15) is 19.7 Å². The molecular formula is C15H16N4O5. The Morgan fingerprint density at radius 1 is 1.38 bits per heavy atom. The van der Waals surface area contributed by atoms with Gasteiger partial charge in [-0.15, -0.1) is 0 Å². The molecule has 1 aromatic carbocycles. The van der Waals surface area contributed by atoms with Crippen molar-refractivity contribution in [3.8, 4) is 5.69 Å². The van der Waals surface area contributed by atoms with Gasteiger partial charge in [0.1, 0.15) is 5.69 Å². The second-order valence-corrected chi connectivity index (χ2v) is 5.30. The number of benzene rings is 1. The van der Waals surface area contributed by atoms with Crippen molar-refractivity contribution in [1.82, 2.24) is 15.1 Å². The first kappa shape index (κ1) is 17.1. The molecule has 9 nitrogen and oxygen atoms in total. The normalized spacial score (nSPS) is 11.7. The SMILES string of the molecule is CC(CNC(=O)c1ccn(-c2ccccc2[N+](=O)[O-])n1)CC(=O)O. The number of nitro benzene ring substituents is 1. The number of amides is 1. The first-order valence-corrected chi connectivity index (χ1v) is 7.18. The summed E-state index contributed by atoms with van der Waals surface area (Å²) in [6.45, 7) is 1.91. The van der Waals surface area contributed by atoms with Gasteiger partial charge in [0.2, 0.25) is 0 Å². The maximum atomic E-state index is 12.0. The average molecular weight is 332 g/mol. The first-order valence-electron chi connectivity index (χ1n) is 7.18. The van der Waals surface area contributed by atoms with E-state index in [-0.39, 0.29) is 36.0 Å². The number of aromatic nitrogens is 2. The van der Waals surface area contributed by atoms with Crippen molar-refractivity contribution in [2.45, 2.75) is 13.3 Å². The van der Waals surface area contributed by atoms with Crippen LogP contribution in [0.25, 0.3) is 5.69 Å². The van der Waals surface area contributed by atoms with Crippen LogP contribution in [0.1, 0.15) is 23.8 Å². The standard InChI is InChI=1S/C15H16N4O5/c1-10(8-14(20)21)9-16-15(22)11-6-7-18(17-11)12-4-2-3-5-13(12)19(23)24/h2-7,10H,8-9H2,1H3,(H,16,22)(H,20,21). The van der Waals surface area contributed by atoms with Crippen molar-refractivity contribution < 1.29 is 19.6 Å². The van der Waals surface area contributed by atoms with Crippen molar-refractivity contribution in [3.63, 3.8) is 0 Å². The molecule has 0 bridgehead atoms. The Morgan fingerprint density at radius 3 is 2.75 bits per heavy atom. The van der Waals surface area contributed by atoms with Gasteiger partial charge in [0.25, 0.3) is 11.6 Å². The van der Waals surface area contributed by atoms with E-state index in [1.54, 1.807) is 19.1 Å². The second kappa shape index (κ2) is 7.36. The highest BCUT2D eigenvalue weighted by Crippen LogP contribution is 2.21. The summed E-state index contributed by atoms with van der Waals surface area (Å²) in [6.07, 6.45) is 1.41. The number of carbonyl (C=O) groups excluding carboxylic acids is 1. The molecule has 0 aliphatic carbocycles. The molecule has 0 saturated heterocycles. The van der Waals surface area contributed by atoms with Gasteiger partial charge in [0.05, 0.1) is 4.92 Å². The Labute approximate surface area is 137 Å². The lowest BCUT2D eigenvalue weighted by molar-refractivity contribution is -0.384. The smallest absolute Gasteiger partial charge is 0.303 e. The molecule has 1 aromatic heterocycles. The van der Waals surface area contributed by atoms with Gasteiger partial charge in [-0.05, 0) is 18.1 Å². The highest BCUT2D eigenvalue weighted by atomic mass is 16.6. The van der Waals surface area contributed by atoms with E-state index in [4.69, 9.17) is 5.11 Å². The number of carbonyl (C=O) groups is 2. The summed E-state index contributed by atoms with van der Waals surface area (Å²) >= 11 is 0. The van der Waals surface area contributed by atoms with Crippen LogP contribution in [0, 0.1) is 16.0 Å². The molecule has 1 atom stereocenters. The van der Waals surface area contributed by atoms with E-state index in [0.717, 1.165) is 0 Å². The van der Waals surface area contributed by atoms with Crippen LogP contribution in [0.4, 0.5) is 5.69 Å². The Balaban J connectivity index is 2.09. The molecule has 1 amide bonds. The Bertz CT molecular complexity index is 771. The number of nitrogens with one attached hydrogen (secondary N) is 1. The van der Waals surface area contributed by atoms with Gasteiger partial charge < -0.3 is 10.4 Å².